The zero-order valence-corrected chi connectivity index (χ0v) is 14.8. The van der Waals surface area contributed by atoms with Gasteiger partial charge in [0.1, 0.15) is 11.4 Å². The highest BCUT2D eigenvalue weighted by Gasteiger charge is 2.14. The highest BCUT2D eigenvalue weighted by atomic mass is 35.5. The van der Waals surface area contributed by atoms with Crippen LogP contribution in [0.1, 0.15) is 29.0 Å². The summed E-state index contributed by atoms with van der Waals surface area (Å²) in [5, 5.41) is 4.18. The van der Waals surface area contributed by atoms with Crippen LogP contribution >= 0.6 is 11.6 Å². The summed E-state index contributed by atoms with van der Waals surface area (Å²) < 4.78 is 5.16. The van der Waals surface area contributed by atoms with Crippen LogP contribution in [0.15, 0.2) is 35.3 Å². The molecule has 0 aliphatic carbocycles. The predicted molar refractivity (Wildman–Crippen MR) is 98.7 cm³/mol. The standard InChI is InChI=1S/C17H16ClN5O3/c1-8(21-17-20-4-3-12(23-17)15(19)24)10-5-9-6-11(18)14(26-2)7-13(9)22-16(10)25/h3-8H,1-2H3,(H2,19,24)(H,22,25)(H,20,21,23)/t8-/m0/s1. The van der Waals surface area contributed by atoms with Gasteiger partial charge >= 0.3 is 0 Å². The Kier molecular flexibility index (Phi) is 4.77. The van der Waals surface area contributed by atoms with E-state index in [1.165, 1.54) is 19.4 Å². The summed E-state index contributed by atoms with van der Waals surface area (Å²) in [6, 6.07) is 6.10. The molecule has 1 atom stereocenters. The van der Waals surface area contributed by atoms with Crippen molar-refractivity contribution in [2.45, 2.75) is 13.0 Å². The summed E-state index contributed by atoms with van der Waals surface area (Å²) in [6.07, 6.45) is 1.42. The number of pyridine rings is 1. The average Bonchev–Trinajstić information content (AvgIpc) is 2.61. The maximum atomic E-state index is 12.4. The Morgan fingerprint density at radius 3 is 2.85 bits per heavy atom. The van der Waals surface area contributed by atoms with Gasteiger partial charge in [0.2, 0.25) is 5.95 Å². The number of carbonyl (C=O) groups excluding carboxylic acids is 1. The summed E-state index contributed by atoms with van der Waals surface area (Å²) in [5.74, 6) is 0.0155. The number of hydrogen-bond acceptors (Lipinski definition) is 6. The number of benzene rings is 1. The highest BCUT2D eigenvalue weighted by Crippen LogP contribution is 2.29. The third-order valence-corrected chi connectivity index (χ3v) is 4.16. The van der Waals surface area contributed by atoms with Crippen LogP contribution in [0.3, 0.4) is 0 Å². The minimum Gasteiger partial charge on any atom is -0.495 e. The number of ether oxygens (including phenoxy) is 1. The van der Waals surface area contributed by atoms with Crippen molar-refractivity contribution in [1.29, 1.82) is 0 Å². The molecular formula is C17H16ClN5O3. The van der Waals surface area contributed by atoms with Crippen molar-refractivity contribution < 1.29 is 9.53 Å². The molecule has 4 N–H and O–H groups in total. The molecule has 0 fully saturated rings. The van der Waals surface area contributed by atoms with E-state index in [1.54, 1.807) is 25.1 Å². The molecule has 0 saturated heterocycles. The Hall–Kier alpha value is -3.13. The van der Waals surface area contributed by atoms with Gasteiger partial charge in [-0.2, -0.15) is 0 Å². The molecule has 2 aromatic heterocycles. The topological polar surface area (TPSA) is 123 Å². The van der Waals surface area contributed by atoms with Gasteiger partial charge in [0.25, 0.3) is 11.5 Å². The lowest BCUT2D eigenvalue weighted by Crippen LogP contribution is -2.21. The van der Waals surface area contributed by atoms with E-state index < -0.39 is 11.9 Å². The Labute approximate surface area is 153 Å². The highest BCUT2D eigenvalue weighted by molar-refractivity contribution is 6.32. The molecule has 0 bridgehead atoms. The lowest BCUT2D eigenvalue weighted by Gasteiger charge is -2.14. The molecule has 1 amide bonds. The lowest BCUT2D eigenvalue weighted by atomic mass is 10.1. The van der Waals surface area contributed by atoms with E-state index in [0.717, 1.165) is 5.39 Å². The van der Waals surface area contributed by atoms with E-state index in [9.17, 15) is 9.59 Å². The molecular weight excluding hydrogens is 358 g/mol. The molecule has 2 heterocycles. The van der Waals surface area contributed by atoms with Gasteiger partial charge in [-0.3, -0.25) is 9.59 Å². The zero-order chi connectivity index (χ0) is 18.8. The maximum absolute atomic E-state index is 12.4. The fourth-order valence-electron chi connectivity index (χ4n) is 2.54. The van der Waals surface area contributed by atoms with E-state index >= 15 is 0 Å². The lowest BCUT2D eigenvalue weighted by molar-refractivity contribution is 0.0995. The molecule has 26 heavy (non-hydrogen) atoms. The first-order valence-corrected chi connectivity index (χ1v) is 8.06. The van der Waals surface area contributed by atoms with Gasteiger partial charge in [0.05, 0.1) is 23.7 Å². The van der Waals surface area contributed by atoms with E-state index in [0.29, 0.717) is 21.9 Å². The van der Waals surface area contributed by atoms with E-state index in [1.807, 2.05) is 0 Å². The average molecular weight is 374 g/mol. The molecule has 0 aliphatic rings. The first-order chi connectivity index (χ1) is 12.4. The quantitative estimate of drug-likeness (QED) is 0.630. The first kappa shape index (κ1) is 17.7. The fraction of sp³-hybridized carbons (Fsp3) is 0.176. The van der Waals surface area contributed by atoms with Crippen molar-refractivity contribution >= 4 is 34.4 Å². The van der Waals surface area contributed by atoms with Crippen molar-refractivity contribution in [2.24, 2.45) is 5.73 Å². The summed E-state index contributed by atoms with van der Waals surface area (Å²) in [6.45, 7) is 1.78. The molecule has 8 nitrogen and oxygen atoms in total. The van der Waals surface area contributed by atoms with Gasteiger partial charge in [-0.15, -0.1) is 0 Å². The third-order valence-electron chi connectivity index (χ3n) is 3.87. The van der Waals surface area contributed by atoms with Gasteiger partial charge in [-0.1, -0.05) is 11.6 Å². The van der Waals surface area contributed by atoms with Crippen LogP contribution in [-0.4, -0.2) is 28.0 Å². The van der Waals surface area contributed by atoms with Crippen LogP contribution in [0.25, 0.3) is 10.9 Å². The molecule has 0 saturated carbocycles. The second-order valence-electron chi connectivity index (χ2n) is 5.62. The number of halogens is 1. The Balaban J connectivity index is 1.96. The number of nitrogens with one attached hydrogen (secondary N) is 2. The minimum absolute atomic E-state index is 0.0843. The van der Waals surface area contributed by atoms with Gasteiger partial charge in [0, 0.05) is 23.2 Å². The number of hydrogen-bond donors (Lipinski definition) is 3. The maximum Gasteiger partial charge on any atom is 0.267 e. The molecule has 0 unspecified atom stereocenters. The summed E-state index contributed by atoms with van der Waals surface area (Å²) >= 11 is 6.16. The number of nitrogens with zero attached hydrogens (tertiary/aromatic N) is 2. The van der Waals surface area contributed by atoms with E-state index in [-0.39, 0.29) is 17.2 Å². The van der Waals surface area contributed by atoms with Gasteiger partial charge in [0.15, 0.2) is 0 Å². The van der Waals surface area contributed by atoms with Gasteiger partial charge in [-0.05, 0) is 25.1 Å². The largest absolute Gasteiger partial charge is 0.495 e. The molecule has 0 aliphatic heterocycles. The molecule has 1 aromatic carbocycles. The van der Waals surface area contributed by atoms with Gasteiger partial charge in [-0.25, -0.2) is 9.97 Å². The number of H-pyrrole nitrogens is 1. The smallest absolute Gasteiger partial charge is 0.267 e. The Bertz CT molecular complexity index is 1050. The van der Waals surface area contributed by atoms with Crippen LogP contribution < -0.4 is 21.3 Å². The van der Waals surface area contributed by atoms with Crippen molar-refractivity contribution in [3.63, 3.8) is 0 Å². The number of methoxy groups -OCH3 is 1. The SMILES string of the molecule is COc1cc2[nH]c(=O)c([C@H](C)Nc3nccc(C(N)=O)n3)cc2cc1Cl. The summed E-state index contributed by atoms with van der Waals surface area (Å²) in [7, 11) is 1.51. The van der Waals surface area contributed by atoms with E-state index in [2.05, 4.69) is 20.3 Å². The second kappa shape index (κ2) is 7.01. The molecule has 134 valence electrons. The summed E-state index contributed by atoms with van der Waals surface area (Å²) in [5.41, 5.74) is 6.10. The molecule has 3 rings (SSSR count). The van der Waals surface area contributed by atoms with Gasteiger partial charge < -0.3 is 20.8 Å². The van der Waals surface area contributed by atoms with Crippen molar-refractivity contribution in [2.75, 3.05) is 12.4 Å². The normalized spacial score (nSPS) is 12.0. The number of carbonyl (C=O) groups is 1. The first-order valence-electron chi connectivity index (χ1n) is 7.69. The number of nitrogens with two attached hydrogens (primary N) is 1. The third kappa shape index (κ3) is 3.45. The Morgan fingerprint density at radius 2 is 2.15 bits per heavy atom. The molecule has 3 aromatic rings. The van der Waals surface area contributed by atoms with Crippen LogP contribution in [-0.2, 0) is 0 Å². The number of rotatable bonds is 5. The summed E-state index contributed by atoms with van der Waals surface area (Å²) in [4.78, 5) is 34.5. The number of aromatic nitrogens is 3. The monoisotopic (exact) mass is 373 g/mol. The molecule has 0 radical (unpaired) electrons. The molecule has 0 spiro atoms. The Morgan fingerprint density at radius 1 is 1.38 bits per heavy atom. The number of amides is 1. The number of fused-ring (bicyclic) bond motifs is 1. The number of aromatic amines is 1. The van der Waals surface area contributed by atoms with Crippen molar-refractivity contribution in [1.82, 2.24) is 15.0 Å². The van der Waals surface area contributed by atoms with Crippen molar-refractivity contribution in [3.05, 3.63) is 57.1 Å². The van der Waals surface area contributed by atoms with Crippen LogP contribution in [0.5, 0.6) is 5.75 Å². The molecule has 9 heteroatoms. The van der Waals surface area contributed by atoms with Crippen LogP contribution in [0.4, 0.5) is 5.95 Å². The fourth-order valence-corrected chi connectivity index (χ4v) is 2.79. The van der Waals surface area contributed by atoms with E-state index in [4.69, 9.17) is 22.1 Å². The number of anilines is 1. The van der Waals surface area contributed by atoms with Crippen LogP contribution in [0.2, 0.25) is 5.02 Å². The number of primary amides is 1. The predicted octanol–water partition coefficient (Wildman–Crippen LogP) is 2.25. The second-order valence-corrected chi connectivity index (χ2v) is 6.03. The zero-order valence-electron chi connectivity index (χ0n) is 14.0. The van der Waals surface area contributed by atoms with Crippen LogP contribution in [0, 0.1) is 0 Å². The minimum atomic E-state index is -0.657. The van der Waals surface area contributed by atoms with Crippen molar-refractivity contribution in [3.8, 4) is 5.75 Å².